The van der Waals surface area contributed by atoms with E-state index in [9.17, 15) is 14.4 Å². The lowest BCUT2D eigenvalue weighted by molar-refractivity contribution is -0.187. The number of likely N-dealkylation sites (N-methyl/N-ethyl adjacent to an activating group) is 1. The zero-order valence-corrected chi connectivity index (χ0v) is 22.1. The van der Waals surface area contributed by atoms with E-state index in [1.165, 1.54) is 0 Å². The Balaban J connectivity index is 1.58. The fraction of sp³-hybridized carbons (Fsp3) is 0.464. The quantitative estimate of drug-likeness (QED) is 0.594. The van der Waals surface area contributed by atoms with E-state index in [4.69, 9.17) is 4.74 Å². The van der Waals surface area contributed by atoms with Crippen molar-refractivity contribution in [3.05, 3.63) is 65.7 Å². The van der Waals surface area contributed by atoms with Gasteiger partial charge in [0.15, 0.2) is 0 Å². The summed E-state index contributed by atoms with van der Waals surface area (Å²) in [6.07, 6.45) is 0.676. The molecule has 1 unspecified atom stereocenters. The SMILES string of the molecule is COc1ccc(CNC(=O)N2C3CN(CCC(C)C)C(=O)[C@H](Cc4ccccc4)N3C(=O)CN2C)cc1. The molecule has 198 valence electrons. The summed E-state index contributed by atoms with van der Waals surface area (Å²) in [7, 11) is 3.35. The molecule has 0 aromatic heterocycles. The van der Waals surface area contributed by atoms with Crippen LogP contribution in [-0.4, -0.2) is 83.7 Å². The van der Waals surface area contributed by atoms with Crippen LogP contribution in [0.3, 0.4) is 0 Å². The van der Waals surface area contributed by atoms with E-state index < -0.39 is 12.2 Å². The van der Waals surface area contributed by atoms with Crippen LogP contribution in [0.25, 0.3) is 0 Å². The summed E-state index contributed by atoms with van der Waals surface area (Å²) in [5.41, 5.74) is 1.91. The molecule has 37 heavy (non-hydrogen) atoms. The number of hydrogen-bond acceptors (Lipinski definition) is 5. The number of carbonyl (C=O) groups is 3. The van der Waals surface area contributed by atoms with Crippen molar-refractivity contribution in [3.63, 3.8) is 0 Å². The van der Waals surface area contributed by atoms with Gasteiger partial charge in [-0.15, -0.1) is 0 Å². The summed E-state index contributed by atoms with van der Waals surface area (Å²) < 4.78 is 5.21. The van der Waals surface area contributed by atoms with Gasteiger partial charge in [-0.2, -0.15) is 0 Å². The van der Waals surface area contributed by atoms with Gasteiger partial charge >= 0.3 is 6.03 Å². The number of amides is 4. The Morgan fingerprint density at radius 1 is 1.05 bits per heavy atom. The molecule has 2 heterocycles. The molecule has 4 rings (SSSR count). The Hall–Kier alpha value is -3.59. The maximum absolute atomic E-state index is 13.7. The Morgan fingerprint density at radius 3 is 2.41 bits per heavy atom. The average Bonchev–Trinajstić information content (AvgIpc) is 2.88. The van der Waals surface area contributed by atoms with E-state index in [0.717, 1.165) is 23.3 Å². The number of hydrogen-bond donors (Lipinski definition) is 1. The number of carbonyl (C=O) groups excluding carboxylic acids is 3. The number of ether oxygens (including phenoxy) is 1. The van der Waals surface area contributed by atoms with E-state index in [1.807, 2.05) is 59.5 Å². The maximum atomic E-state index is 13.7. The van der Waals surface area contributed by atoms with Gasteiger partial charge in [0.2, 0.25) is 11.8 Å². The lowest BCUT2D eigenvalue weighted by Gasteiger charge is -2.54. The van der Waals surface area contributed by atoms with E-state index in [1.54, 1.807) is 29.1 Å². The molecule has 0 saturated carbocycles. The van der Waals surface area contributed by atoms with Gasteiger partial charge in [0, 0.05) is 26.6 Å². The first-order chi connectivity index (χ1) is 17.8. The van der Waals surface area contributed by atoms with Crippen molar-refractivity contribution in [2.75, 3.05) is 33.8 Å². The number of fused-ring (bicyclic) bond motifs is 1. The summed E-state index contributed by atoms with van der Waals surface area (Å²) in [6.45, 7) is 5.47. The van der Waals surface area contributed by atoms with E-state index in [-0.39, 0.29) is 30.9 Å². The van der Waals surface area contributed by atoms with Gasteiger partial charge in [-0.3, -0.25) is 9.59 Å². The molecule has 0 bridgehead atoms. The second kappa shape index (κ2) is 11.6. The number of benzene rings is 2. The van der Waals surface area contributed by atoms with Gasteiger partial charge in [0.1, 0.15) is 18.0 Å². The first-order valence-corrected chi connectivity index (χ1v) is 12.8. The zero-order chi connectivity index (χ0) is 26.5. The van der Waals surface area contributed by atoms with Crippen LogP contribution in [0.1, 0.15) is 31.4 Å². The van der Waals surface area contributed by atoms with E-state index >= 15 is 0 Å². The van der Waals surface area contributed by atoms with Crippen molar-refractivity contribution < 1.29 is 19.1 Å². The number of nitrogens with one attached hydrogen (secondary N) is 1. The average molecular weight is 508 g/mol. The van der Waals surface area contributed by atoms with Crippen molar-refractivity contribution >= 4 is 17.8 Å². The van der Waals surface area contributed by atoms with Crippen LogP contribution < -0.4 is 10.1 Å². The topological polar surface area (TPSA) is 85.4 Å². The predicted molar refractivity (Wildman–Crippen MR) is 140 cm³/mol. The largest absolute Gasteiger partial charge is 0.497 e. The van der Waals surface area contributed by atoms with Crippen LogP contribution >= 0.6 is 0 Å². The highest BCUT2D eigenvalue weighted by Crippen LogP contribution is 2.28. The molecule has 0 radical (unpaired) electrons. The summed E-state index contributed by atoms with van der Waals surface area (Å²) >= 11 is 0. The predicted octanol–water partition coefficient (Wildman–Crippen LogP) is 2.72. The van der Waals surface area contributed by atoms with Crippen molar-refractivity contribution in [2.24, 2.45) is 5.92 Å². The molecule has 9 heteroatoms. The highest BCUT2D eigenvalue weighted by Gasteiger charge is 2.50. The van der Waals surface area contributed by atoms with Crippen LogP contribution in [-0.2, 0) is 22.6 Å². The fourth-order valence-electron chi connectivity index (χ4n) is 4.96. The molecule has 2 aliphatic rings. The minimum Gasteiger partial charge on any atom is -0.497 e. The lowest BCUT2D eigenvalue weighted by Crippen LogP contribution is -2.76. The van der Waals surface area contributed by atoms with Crippen LogP contribution in [0.5, 0.6) is 5.75 Å². The van der Waals surface area contributed by atoms with Gasteiger partial charge in [0.05, 0.1) is 20.2 Å². The van der Waals surface area contributed by atoms with Gasteiger partial charge in [-0.1, -0.05) is 56.3 Å². The molecule has 0 spiro atoms. The first kappa shape index (κ1) is 26.5. The number of rotatable bonds is 8. The molecule has 2 fully saturated rings. The molecule has 2 aromatic carbocycles. The zero-order valence-electron chi connectivity index (χ0n) is 22.1. The summed E-state index contributed by atoms with van der Waals surface area (Å²) in [5.74, 6) is 0.970. The van der Waals surface area contributed by atoms with Crippen molar-refractivity contribution in [1.29, 1.82) is 0 Å². The molecule has 4 amide bonds. The molecule has 1 N–H and O–H groups in total. The Bertz CT molecular complexity index is 1090. The Labute approximate surface area is 218 Å². The van der Waals surface area contributed by atoms with Crippen molar-refractivity contribution in [2.45, 2.75) is 45.4 Å². The summed E-state index contributed by atoms with van der Waals surface area (Å²) in [4.78, 5) is 43.9. The van der Waals surface area contributed by atoms with E-state index in [0.29, 0.717) is 25.4 Å². The normalized spacial score (nSPS) is 20.3. The Morgan fingerprint density at radius 2 is 1.76 bits per heavy atom. The molecular weight excluding hydrogens is 470 g/mol. The number of urea groups is 1. The summed E-state index contributed by atoms with van der Waals surface area (Å²) in [5, 5.41) is 6.24. The number of piperazine rings is 1. The summed E-state index contributed by atoms with van der Waals surface area (Å²) in [6, 6.07) is 16.3. The highest BCUT2D eigenvalue weighted by molar-refractivity contribution is 5.91. The lowest BCUT2D eigenvalue weighted by atomic mass is 9.98. The number of hydrazine groups is 1. The third kappa shape index (κ3) is 6.05. The second-order valence-electron chi connectivity index (χ2n) is 10.1. The van der Waals surface area contributed by atoms with E-state index in [2.05, 4.69) is 19.2 Å². The third-order valence-electron chi connectivity index (χ3n) is 7.00. The standard InChI is InChI=1S/C28H37N5O4/c1-20(2)14-15-31-18-25-32(24(27(31)35)16-21-8-6-5-7-9-21)26(34)19-30(3)33(25)28(36)29-17-22-10-12-23(37-4)13-11-22/h5-13,20,24-25H,14-19H2,1-4H3,(H,29,36)/t24-,25?/m0/s1. The molecule has 9 nitrogen and oxygen atoms in total. The number of nitrogens with zero attached hydrogens (tertiary/aromatic N) is 4. The van der Waals surface area contributed by atoms with Crippen LogP contribution in [0.15, 0.2) is 54.6 Å². The van der Waals surface area contributed by atoms with Gasteiger partial charge in [-0.05, 0) is 35.6 Å². The fourth-order valence-corrected chi connectivity index (χ4v) is 4.96. The van der Waals surface area contributed by atoms with Crippen molar-refractivity contribution in [1.82, 2.24) is 25.1 Å². The molecule has 2 atom stereocenters. The van der Waals surface area contributed by atoms with Gasteiger partial charge in [0.25, 0.3) is 0 Å². The molecular formula is C28H37N5O4. The van der Waals surface area contributed by atoms with Crippen LogP contribution in [0.2, 0.25) is 0 Å². The monoisotopic (exact) mass is 507 g/mol. The molecule has 2 saturated heterocycles. The molecule has 2 aliphatic heterocycles. The van der Waals surface area contributed by atoms with Crippen LogP contribution in [0, 0.1) is 5.92 Å². The Kier molecular flexibility index (Phi) is 8.33. The van der Waals surface area contributed by atoms with Gasteiger partial charge in [-0.25, -0.2) is 14.8 Å². The third-order valence-corrected chi connectivity index (χ3v) is 7.00. The molecule has 0 aliphatic carbocycles. The maximum Gasteiger partial charge on any atom is 0.334 e. The number of methoxy groups -OCH3 is 1. The molecule has 2 aromatic rings. The minimum absolute atomic E-state index is 0.0248. The smallest absolute Gasteiger partial charge is 0.334 e. The second-order valence-corrected chi connectivity index (χ2v) is 10.1. The van der Waals surface area contributed by atoms with Crippen molar-refractivity contribution in [3.8, 4) is 5.75 Å². The van der Waals surface area contributed by atoms with Crippen LogP contribution in [0.4, 0.5) is 4.79 Å². The minimum atomic E-state index is -0.661. The first-order valence-electron chi connectivity index (χ1n) is 12.8. The highest BCUT2D eigenvalue weighted by atomic mass is 16.5. The van der Waals surface area contributed by atoms with Gasteiger partial charge < -0.3 is 19.9 Å².